The number of amides is 1. The molecule has 0 radical (unpaired) electrons. The fourth-order valence-corrected chi connectivity index (χ4v) is 2.28. The van der Waals surface area contributed by atoms with E-state index in [0.29, 0.717) is 23.8 Å². The molecule has 3 N–H and O–H groups in total. The largest absolute Gasteiger partial charge is 0.397 e. The first-order valence-electron chi connectivity index (χ1n) is 6.52. The van der Waals surface area contributed by atoms with Gasteiger partial charge >= 0.3 is 0 Å². The van der Waals surface area contributed by atoms with E-state index in [0.717, 1.165) is 32.6 Å². The van der Waals surface area contributed by atoms with Gasteiger partial charge in [0, 0.05) is 32.5 Å². The maximum absolute atomic E-state index is 12.0. The van der Waals surface area contributed by atoms with Crippen molar-refractivity contribution >= 4 is 11.6 Å². The Kier molecular flexibility index (Phi) is 4.25. The van der Waals surface area contributed by atoms with Crippen LogP contribution in [-0.2, 0) is 11.3 Å². The quantitative estimate of drug-likeness (QED) is 0.827. The maximum atomic E-state index is 12.0. The molecule has 0 spiro atoms. The summed E-state index contributed by atoms with van der Waals surface area (Å²) in [5.41, 5.74) is 6.97. The molecule has 0 saturated carbocycles. The van der Waals surface area contributed by atoms with Crippen molar-refractivity contribution in [1.82, 2.24) is 9.88 Å². The number of nitrogens with one attached hydrogen (secondary N) is 1. The van der Waals surface area contributed by atoms with E-state index in [1.807, 2.05) is 11.5 Å². The van der Waals surface area contributed by atoms with Crippen LogP contribution in [0.15, 0.2) is 12.3 Å². The number of anilines is 1. The van der Waals surface area contributed by atoms with Crippen LogP contribution in [-0.4, -0.2) is 30.2 Å². The Balaban J connectivity index is 1.83. The van der Waals surface area contributed by atoms with Crippen LogP contribution in [0, 0.1) is 5.92 Å². The van der Waals surface area contributed by atoms with Gasteiger partial charge in [-0.2, -0.15) is 0 Å². The van der Waals surface area contributed by atoms with Crippen LogP contribution < -0.4 is 11.1 Å². The first-order chi connectivity index (χ1) is 8.70. The van der Waals surface area contributed by atoms with E-state index in [-0.39, 0.29) is 5.91 Å². The third kappa shape index (κ3) is 3.04. The van der Waals surface area contributed by atoms with Crippen LogP contribution in [0.5, 0.6) is 0 Å². The molecule has 1 aromatic heterocycles. The second kappa shape index (κ2) is 5.91. The molecule has 1 aliphatic heterocycles. The van der Waals surface area contributed by atoms with Gasteiger partial charge in [0.05, 0.1) is 5.69 Å². The summed E-state index contributed by atoms with van der Waals surface area (Å²) in [5.74, 6) is 0.542. The van der Waals surface area contributed by atoms with Crippen molar-refractivity contribution in [3.05, 3.63) is 18.0 Å². The average molecular weight is 251 g/mol. The standard InChI is InChI=1S/C13H21N3O2/c1-2-16-8-11(14)7-12(16)13(17)15-5-3-10-4-6-18-9-10/h7-8,10H,2-6,9,14H2,1H3,(H,15,17). The fraction of sp³-hybridized carbons (Fsp3) is 0.615. The third-order valence-electron chi connectivity index (χ3n) is 3.35. The van der Waals surface area contributed by atoms with Gasteiger partial charge in [0.15, 0.2) is 0 Å². The summed E-state index contributed by atoms with van der Waals surface area (Å²) < 4.78 is 7.17. The zero-order valence-electron chi connectivity index (χ0n) is 10.8. The lowest BCUT2D eigenvalue weighted by Crippen LogP contribution is -2.28. The van der Waals surface area contributed by atoms with Crippen molar-refractivity contribution in [2.24, 2.45) is 5.92 Å². The Morgan fingerprint density at radius 2 is 2.50 bits per heavy atom. The van der Waals surface area contributed by atoms with Gasteiger partial charge in [-0.3, -0.25) is 4.79 Å². The predicted molar refractivity (Wildman–Crippen MR) is 70.4 cm³/mol. The number of aryl methyl sites for hydroxylation is 1. The van der Waals surface area contributed by atoms with Crippen molar-refractivity contribution in [2.45, 2.75) is 26.3 Å². The minimum absolute atomic E-state index is 0.0486. The zero-order valence-corrected chi connectivity index (χ0v) is 10.8. The number of hydrogen-bond donors (Lipinski definition) is 2. The summed E-state index contributed by atoms with van der Waals surface area (Å²) in [6.45, 7) is 5.12. The minimum atomic E-state index is -0.0486. The van der Waals surface area contributed by atoms with Gasteiger partial charge in [-0.05, 0) is 31.7 Å². The summed E-state index contributed by atoms with van der Waals surface area (Å²) in [6.07, 6.45) is 3.88. The first kappa shape index (κ1) is 13.0. The third-order valence-corrected chi connectivity index (χ3v) is 3.35. The summed E-state index contributed by atoms with van der Waals surface area (Å²) in [4.78, 5) is 12.0. The molecule has 1 atom stereocenters. The van der Waals surface area contributed by atoms with Crippen molar-refractivity contribution in [1.29, 1.82) is 0 Å². The molecule has 1 amide bonds. The average Bonchev–Trinajstić information content (AvgIpc) is 2.98. The number of nitrogens with two attached hydrogens (primary N) is 1. The van der Waals surface area contributed by atoms with Gasteiger partial charge in [-0.1, -0.05) is 0 Å². The lowest BCUT2D eigenvalue weighted by atomic mass is 10.1. The molecule has 2 heterocycles. The van der Waals surface area contributed by atoms with E-state index >= 15 is 0 Å². The van der Waals surface area contributed by atoms with Crippen molar-refractivity contribution in [3.8, 4) is 0 Å². The Labute approximate surface area is 107 Å². The van der Waals surface area contributed by atoms with E-state index in [9.17, 15) is 4.79 Å². The van der Waals surface area contributed by atoms with Gasteiger partial charge in [0.2, 0.25) is 0 Å². The molecule has 2 rings (SSSR count). The van der Waals surface area contributed by atoms with Crippen LogP contribution in [0.2, 0.25) is 0 Å². The molecule has 5 heteroatoms. The minimum Gasteiger partial charge on any atom is -0.397 e. The van der Waals surface area contributed by atoms with E-state index < -0.39 is 0 Å². The lowest BCUT2D eigenvalue weighted by molar-refractivity contribution is 0.0941. The molecule has 0 aliphatic carbocycles. The molecule has 1 saturated heterocycles. The first-order valence-corrected chi connectivity index (χ1v) is 6.52. The molecule has 0 aromatic carbocycles. The Morgan fingerprint density at radius 1 is 1.67 bits per heavy atom. The number of ether oxygens (including phenoxy) is 1. The van der Waals surface area contributed by atoms with Gasteiger partial charge in [-0.25, -0.2) is 0 Å². The maximum Gasteiger partial charge on any atom is 0.267 e. The topological polar surface area (TPSA) is 69.3 Å². The molecule has 0 bridgehead atoms. The highest BCUT2D eigenvalue weighted by Gasteiger charge is 2.16. The number of rotatable bonds is 5. The molecular formula is C13H21N3O2. The van der Waals surface area contributed by atoms with Crippen LogP contribution in [0.1, 0.15) is 30.3 Å². The highest BCUT2D eigenvalue weighted by molar-refractivity contribution is 5.93. The number of carbonyl (C=O) groups is 1. The number of carbonyl (C=O) groups excluding carboxylic acids is 1. The summed E-state index contributed by atoms with van der Waals surface area (Å²) in [5, 5.41) is 2.94. The molecule has 1 unspecified atom stereocenters. The van der Waals surface area contributed by atoms with E-state index in [2.05, 4.69) is 5.32 Å². The summed E-state index contributed by atoms with van der Waals surface area (Å²) in [7, 11) is 0. The van der Waals surface area contributed by atoms with E-state index in [1.165, 1.54) is 0 Å². The van der Waals surface area contributed by atoms with Crippen LogP contribution in [0.4, 0.5) is 5.69 Å². The SMILES string of the molecule is CCn1cc(N)cc1C(=O)NCCC1CCOC1. The molecule has 1 fully saturated rings. The number of nitrogens with zero attached hydrogens (tertiary/aromatic N) is 1. The Bertz CT molecular complexity index is 408. The molecule has 1 aromatic rings. The van der Waals surface area contributed by atoms with Gasteiger partial charge in [-0.15, -0.1) is 0 Å². The van der Waals surface area contributed by atoms with Gasteiger partial charge < -0.3 is 20.4 Å². The van der Waals surface area contributed by atoms with E-state index in [4.69, 9.17) is 10.5 Å². The van der Waals surface area contributed by atoms with Crippen LogP contribution >= 0.6 is 0 Å². The van der Waals surface area contributed by atoms with Crippen molar-refractivity contribution in [3.63, 3.8) is 0 Å². The Hall–Kier alpha value is -1.49. The summed E-state index contributed by atoms with van der Waals surface area (Å²) >= 11 is 0. The number of hydrogen-bond acceptors (Lipinski definition) is 3. The predicted octanol–water partition coefficient (Wildman–Crippen LogP) is 1.25. The zero-order chi connectivity index (χ0) is 13.0. The number of aromatic nitrogens is 1. The molecule has 100 valence electrons. The second-order valence-corrected chi connectivity index (χ2v) is 4.72. The lowest BCUT2D eigenvalue weighted by Gasteiger charge is -2.10. The van der Waals surface area contributed by atoms with Gasteiger partial charge in [0.25, 0.3) is 5.91 Å². The fourth-order valence-electron chi connectivity index (χ4n) is 2.28. The molecule has 18 heavy (non-hydrogen) atoms. The molecule has 1 aliphatic rings. The smallest absolute Gasteiger partial charge is 0.267 e. The van der Waals surface area contributed by atoms with Crippen molar-refractivity contribution < 1.29 is 9.53 Å². The van der Waals surface area contributed by atoms with Crippen molar-refractivity contribution in [2.75, 3.05) is 25.5 Å². The Morgan fingerprint density at radius 3 is 3.17 bits per heavy atom. The molecular weight excluding hydrogens is 230 g/mol. The highest BCUT2D eigenvalue weighted by atomic mass is 16.5. The van der Waals surface area contributed by atoms with Gasteiger partial charge in [0.1, 0.15) is 5.69 Å². The second-order valence-electron chi connectivity index (χ2n) is 4.72. The van der Waals surface area contributed by atoms with E-state index in [1.54, 1.807) is 12.3 Å². The monoisotopic (exact) mass is 251 g/mol. The van der Waals surface area contributed by atoms with Crippen LogP contribution in [0.3, 0.4) is 0 Å². The van der Waals surface area contributed by atoms with Crippen LogP contribution in [0.25, 0.3) is 0 Å². The number of nitrogen functional groups attached to an aromatic ring is 1. The summed E-state index contributed by atoms with van der Waals surface area (Å²) in [6, 6.07) is 1.72. The molecule has 5 nitrogen and oxygen atoms in total. The highest BCUT2D eigenvalue weighted by Crippen LogP contribution is 2.15. The normalized spacial score (nSPS) is 19.1.